The Bertz CT molecular complexity index is 809. The van der Waals surface area contributed by atoms with Gasteiger partial charge in [-0.05, 0) is 30.2 Å². The third-order valence-corrected chi connectivity index (χ3v) is 5.64. The molecule has 1 aromatic carbocycles. The maximum atomic E-state index is 12.7. The largest absolute Gasteiger partial charge is 0.346 e. The third-order valence-electron chi connectivity index (χ3n) is 5.64. The van der Waals surface area contributed by atoms with Crippen LogP contribution in [-0.2, 0) is 4.79 Å². The molecule has 1 atom stereocenters. The van der Waals surface area contributed by atoms with Gasteiger partial charge >= 0.3 is 0 Å². The van der Waals surface area contributed by atoms with Crippen molar-refractivity contribution in [3.8, 4) is 0 Å². The van der Waals surface area contributed by atoms with Gasteiger partial charge in [-0.3, -0.25) is 14.6 Å². The third kappa shape index (κ3) is 3.57. The summed E-state index contributed by atoms with van der Waals surface area (Å²) in [5.74, 6) is 0.591. The van der Waals surface area contributed by atoms with Gasteiger partial charge in [0, 0.05) is 31.1 Å². The molecule has 4 rings (SSSR count). The summed E-state index contributed by atoms with van der Waals surface area (Å²) in [4.78, 5) is 31.3. The van der Waals surface area contributed by atoms with Crippen LogP contribution in [0.25, 0.3) is 10.8 Å². The molecular formula is C21H25N3O2. The molecule has 2 heterocycles. The van der Waals surface area contributed by atoms with Crippen LogP contribution in [0.15, 0.2) is 36.5 Å². The Morgan fingerprint density at radius 1 is 1.15 bits per heavy atom. The Kier molecular flexibility index (Phi) is 4.87. The predicted octanol–water partition coefficient (Wildman–Crippen LogP) is 3.15. The van der Waals surface area contributed by atoms with E-state index in [1.165, 1.54) is 32.1 Å². The maximum absolute atomic E-state index is 12.7. The van der Waals surface area contributed by atoms with Gasteiger partial charge in [-0.15, -0.1) is 0 Å². The average Bonchev–Trinajstić information content (AvgIpc) is 3.01. The van der Waals surface area contributed by atoms with Crippen molar-refractivity contribution in [3.05, 3.63) is 42.2 Å². The van der Waals surface area contributed by atoms with Crippen molar-refractivity contribution in [2.24, 2.45) is 5.92 Å². The van der Waals surface area contributed by atoms with Crippen LogP contribution < -0.4 is 5.32 Å². The van der Waals surface area contributed by atoms with Crippen molar-refractivity contribution in [2.75, 3.05) is 13.1 Å². The molecule has 136 valence electrons. The van der Waals surface area contributed by atoms with Crippen LogP contribution in [0.1, 0.15) is 49.0 Å². The molecule has 26 heavy (non-hydrogen) atoms. The van der Waals surface area contributed by atoms with E-state index >= 15 is 0 Å². The van der Waals surface area contributed by atoms with Gasteiger partial charge in [0.15, 0.2) is 0 Å². The molecule has 1 N–H and O–H groups in total. The lowest BCUT2D eigenvalue weighted by Gasteiger charge is -2.27. The summed E-state index contributed by atoms with van der Waals surface area (Å²) < 4.78 is 0. The minimum absolute atomic E-state index is 0.126. The van der Waals surface area contributed by atoms with Crippen LogP contribution in [0.5, 0.6) is 0 Å². The number of hydrogen-bond acceptors (Lipinski definition) is 3. The molecule has 0 radical (unpaired) electrons. The molecule has 1 aliphatic carbocycles. The fraction of sp³-hybridized carbons (Fsp3) is 0.476. The number of nitrogens with one attached hydrogen (secondary N) is 1. The van der Waals surface area contributed by atoms with E-state index in [-0.39, 0.29) is 17.9 Å². The summed E-state index contributed by atoms with van der Waals surface area (Å²) >= 11 is 0. The molecule has 0 bridgehead atoms. The number of likely N-dealkylation sites (tertiary alicyclic amines) is 1. The van der Waals surface area contributed by atoms with Gasteiger partial charge in [-0.25, -0.2) is 0 Å². The second kappa shape index (κ2) is 7.44. The standard InChI is InChI=1S/C21H25N3O2/c25-19-12-17(14-24(19)13-15-6-2-1-3-7-15)23-21(26)20-18-9-5-4-8-16(18)10-11-22-20/h4-5,8-11,15,17H,1-3,6-7,12-14H2,(H,23,26). The summed E-state index contributed by atoms with van der Waals surface area (Å²) in [6, 6.07) is 9.51. The Morgan fingerprint density at radius 3 is 2.81 bits per heavy atom. The van der Waals surface area contributed by atoms with Crippen LogP contribution in [-0.4, -0.2) is 40.8 Å². The van der Waals surface area contributed by atoms with Crippen molar-refractivity contribution < 1.29 is 9.59 Å². The highest BCUT2D eigenvalue weighted by Gasteiger charge is 2.32. The maximum Gasteiger partial charge on any atom is 0.270 e. The number of pyridine rings is 1. The number of carbonyl (C=O) groups excluding carboxylic acids is 2. The molecule has 2 aromatic rings. The Morgan fingerprint density at radius 2 is 1.96 bits per heavy atom. The van der Waals surface area contributed by atoms with E-state index in [1.54, 1.807) is 6.20 Å². The van der Waals surface area contributed by atoms with Crippen molar-refractivity contribution in [2.45, 2.75) is 44.6 Å². The van der Waals surface area contributed by atoms with E-state index in [1.807, 2.05) is 35.2 Å². The number of rotatable bonds is 4. The lowest BCUT2D eigenvalue weighted by atomic mass is 9.89. The number of carbonyl (C=O) groups is 2. The van der Waals surface area contributed by atoms with Crippen LogP contribution >= 0.6 is 0 Å². The van der Waals surface area contributed by atoms with Crippen molar-refractivity contribution >= 4 is 22.6 Å². The zero-order valence-electron chi connectivity index (χ0n) is 15.0. The fourth-order valence-electron chi connectivity index (χ4n) is 4.28. The molecule has 2 aliphatic rings. The van der Waals surface area contributed by atoms with Crippen molar-refractivity contribution in [1.82, 2.24) is 15.2 Å². The lowest BCUT2D eigenvalue weighted by molar-refractivity contribution is -0.128. The van der Waals surface area contributed by atoms with Gasteiger partial charge in [0.25, 0.3) is 5.91 Å². The van der Waals surface area contributed by atoms with Crippen LogP contribution in [0, 0.1) is 5.92 Å². The second-order valence-electron chi connectivity index (χ2n) is 7.56. The molecular weight excluding hydrogens is 326 g/mol. The van der Waals surface area contributed by atoms with E-state index in [0.29, 0.717) is 24.6 Å². The summed E-state index contributed by atoms with van der Waals surface area (Å²) in [6.07, 6.45) is 8.37. The number of benzene rings is 1. The molecule has 0 spiro atoms. The van der Waals surface area contributed by atoms with E-state index in [0.717, 1.165) is 17.3 Å². The van der Waals surface area contributed by atoms with E-state index in [2.05, 4.69) is 10.3 Å². The molecule has 2 fully saturated rings. The predicted molar refractivity (Wildman–Crippen MR) is 101 cm³/mol. The van der Waals surface area contributed by atoms with Gasteiger partial charge in [0.05, 0.1) is 6.04 Å². The molecule has 1 saturated heterocycles. The summed E-state index contributed by atoms with van der Waals surface area (Å²) in [5.41, 5.74) is 0.432. The Hall–Kier alpha value is -2.43. The Balaban J connectivity index is 1.41. The van der Waals surface area contributed by atoms with Crippen molar-refractivity contribution in [1.29, 1.82) is 0 Å². The van der Waals surface area contributed by atoms with Gasteiger partial charge in [-0.1, -0.05) is 43.5 Å². The highest BCUT2D eigenvalue weighted by atomic mass is 16.2. The fourth-order valence-corrected chi connectivity index (χ4v) is 4.28. The quantitative estimate of drug-likeness (QED) is 0.920. The summed E-state index contributed by atoms with van der Waals surface area (Å²) in [7, 11) is 0. The number of fused-ring (bicyclic) bond motifs is 1. The molecule has 1 aliphatic heterocycles. The first-order valence-corrected chi connectivity index (χ1v) is 9.63. The highest BCUT2D eigenvalue weighted by Crippen LogP contribution is 2.26. The molecule has 1 unspecified atom stereocenters. The minimum Gasteiger partial charge on any atom is -0.346 e. The van der Waals surface area contributed by atoms with Gasteiger partial charge in [0.1, 0.15) is 5.69 Å². The minimum atomic E-state index is -0.195. The first-order valence-electron chi connectivity index (χ1n) is 9.63. The van der Waals surface area contributed by atoms with Gasteiger partial charge < -0.3 is 10.2 Å². The van der Waals surface area contributed by atoms with Crippen LogP contribution in [0.3, 0.4) is 0 Å². The summed E-state index contributed by atoms with van der Waals surface area (Å²) in [6.45, 7) is 1.46. The van der Waals surface area contributed by atoms with E-state index in [9.17, 15) is 9.59 Å². The van der Waals surface area contributed by atoms with Gasteiger partial charge in [0.2, 0.25) is 5.91 Å². The number of nitrogens with zero attached hydrogens (tertiary/aromatic N) is 2. The zero-order chi connectivity index (χ0) is 17.9. The average molecular weight is 351 g/mol. The normalized spacial score (nSPS) is 21.3. The first kappa shape index (κ1) is 17.0. The van der Waals surface area contributed by atoms with E-state index < -0.39 is 0 Å². The molecule has 1 saturated carbocycles. The lowest BCUT2D eigenvalue weighted by Crippen LogP contribution is -2.38. The van der Waals surface area contributed by atoms with Gasteiger partial charge in [-0.2, -0.15) is 0 Å². The number of aromatic nitrogens is 1. The zero-order valence-corrected chi connectivity index (χ0v) is 15.0. The molecule has 5 heteroatoms. The van der Waals surface area contributed by atoms with Crippen molar-refractivity contribution in [3.63, 3.8) is 0 Å². The first-order chi connectivity index (χ1) is 12.7. The number of hydrogen-bond donors (Lipinski definition) is 1. The van der Waals surface area contributed by atoms with E-state index in [4.69, 9.17) is 0 Å². The van der Waals surface area contributed by atoms with Crippen LogP contribution in [0.4, 0.5) is 0 Å². The highest BCUT2D eigenvalue weighted by molar-refractivity contribution is 6.05. The number of amides is 2. The second-order valence-corrected chi connectivity index (χ2v) is 7.56. The summed E-state index contributed by atoms with van der Waals surface area (Å²) in [5, 5.41) is 4.86. The molecule has 1 aromatic heterocycles. The Labute approximate surface area is 153 Å². The monoisotopic (exact) mass is 351 g/mol. The SMILES string of the molecule is O=C(NC1CC(=O)N(CC2CCCCC2)C1)c1nccc2ccccc12. The molecule has 2 amide bonds. The van der Waals surface area contributed by atoms with Crippen LogP contribution in [0.2, 0.25) is 0 Å². The topological polar surface area (TPSA) is 62.3 Å². The smallest absolute Gasteiger partial charge is 0.270 e. The molecule has 5 nitrogen and oxygen atoms in total.